The van der Waals surface area contributed by atoms with Crippen LogP contribution in [0.5, 0.6) is 5.75 Å². The molecule has 2 heterocycles. The van der Waals surface area contributed by atoms with Crippen LogP contribution in [0, 0.1) is 0 Å². The predicted octanol–water partition coefficient (Wildman–Crippen LogP) is 1.67. The number of methoxy groups -OCH3 is 1. The average molecular weight is 294 g/mol. The topological polar surface area (TPSA) is 93.9 Å². The molecule has 0 saturated carbocycles. The standard InChI is InChI=1S/C16H14N4O2/c1-22-10-4-5-11-8(6-10)2-3-9-7-12-14(18-13(9)11)19-16(17)20-15(12)21/h4-7H,2-3H2,1H3,(H3,17,18,19,20,21). The summed E-state index contributed by atoms with van der Waals surface area (Å²) in [7, 11) is 1.66. The first-order chi connectivity index (χ1) is 10.7. The Morgan fingerprint density at radius 1 is 1.18 bits per heavy atom. The summed E-state index contributed by atoms with van der Waals surface area (Å²) in [6.07, 6.45) is 1.73. The lowest BCUT2D eigenvalue weighted by atomic mass is 9.88. The van der Waals surface area contributed by atoms with Gasteiger partial charge in [-0.2, -0.15) is 4.98 Å². The van der Waals surface area contributed by atoms with Gasteiger partial charge in [0.1, 0.15) is 5.75 Å². The lowest BCUT2D eigenvalue weighted by Gasteiger charge is -2.19. The van der Waals surface area contributed by atoms with E-state index in [1.54, 1.807) is 7.11 Å². The summed E-state index contributed by atoms with van der Waals surface area (Å²) in [6.45, 7) is 0. The monoisotopic (exact) mass is 294 g/mol. The average Bonchev–Trinajstić information content (AvgIpc) is 2.52. The van der Waals surface area contributed by atoms with Crippen molar-refractivity contribution in [2.75, 3.05) is 12.8 Å². The van der Waals surface area contributed by atoms with Gasteiger partial charge in [-0.1, -0.05) is 0 Å². The molecule has 0 amide bonds. The molecule has 0 radical (unpaired) electrons. The van der Waals surface area contributed by atoms with Crippen LogP contribution in [0.4, 0.5) is 5.95 Å². The third-order valence-corrected chi connectivity index (χ3v) is 4.03. The number of pyridine rings is 1. The lowest BCUT2D eigenvalue weighted by molar-refractivity contribution is 0.414. The molecule has 2 aromatic heterocycles. The predicted molar refractivity (Wildman–Crippen MR) is 84.0 cm³/mol. The van der Waals surface area contributed by atoms with Gasteiger partial charge in [0.15, 0.2) is 5.65 Å². The van der Waals surface area contributed by atoms with Crippen molar-refractivity contribution in [2.45, 2.75) is 12.8 Å². The Kier molecular flexibility index (Phi) is 2.66. The molecule has 22 heavy (non-hydrogen) atoms. The fourth-order valence-corrected chi connectivity index (χ4v) is 2.95. The Bertz CT molecular complexity index is 962. The Labute approximate surface area is 126 Å². The maximum absolute atomic E-state index is 12.0. The Hall–Kier alpha value is -2.89. The third kappa shape index (κ3) is 1.84. The van der Waals surface area contributed by atoms with Gasteiger partial charge >= 0.3 is 0 Å². The number of ether oxygens (including phenoxy) is 1. The molecule has 0 bridgehead atoms. The summed E-state index contributed by atoms with van der Waals surface area (Å²) in [5.41, 5.74) is 9.91. The van der Waals surface area contributed by atoms with E-state index >= 15 is 0 Å². The van der Waals surface area contributed by atoms with Gasteiger partial charge in [-0.3, -0.25) is 9.78 Å². The molecule has 110 valence electrons. The van der Waals surface area contributed by atoms with Crippen LogP contribution >= 0.6 is 0 Å². The first-order valence-corrected chi connectivity index (χ1v) is 7.02. The van der Waals surface area contributed by atoms with E-state index in [0.29, 0.717) is 11.0 Å². The summed E-state index contributed by atoms with van der Waals surface area (Å²) < 4.78 is 5.28. The van der Waals surface area contributed by atoms with Crippen LogP contribution in [-0.2, 0) is 12.8 Å². The Morgan fingerprint density at radius 2 is 2.00 bits per heavy atom. The quantitative estimate of drug-likeness (QED) is 0.712. The van der Waals surface area contributed by atoms with Crippen LogP contribution < -0.4 is 16.0 Å². The fraction of sp³-hybridized carbons (Fsp3) is 0.188. The molecular formula is C16H14N4O2. The number of benzene rings is 1. The molecule has 0 unspecified atom stereocenters. The van der Waals surface area contributed by atoms with Crippen LogP contribution in [0.15, 0.2) is 29.1 Å². The molecule has 1 aromatic carbocycles. The second kappa shape index (κ2) is 4.56. The van der Waals surface area contributed by atoms with E-state index in [4.69, 9.17) is 10.5 Å². The van der Waals surface area contributed by atoms with Gasteiger partial charge in [-0.15, -0.1) is 0 Å². The first kappa shape index (κ1) is 12.8. The largest absolute Gasteiger partial charge is 0.497 e. The van der Waals surface area contributed by atoms with Crippen LogP contribution in [-0.4, -0.2) is 22.1 Å². The number of hydrogen-bond acceptors (Lipinski definition) is 5. The number of aromatic amines is 1. The van der Waals surface area contributed by atoms with Crippen LogP contribution in [0.2, 0.25) is 0 Å². The molecule has 0 fully saturated rings. The molecule has 6 heteroatoms. The fourth-order valence-electron chi connectivity index (χ4n) is 2.95. The van der Waals surface area contributed by atoms with Crippen molar-refractivity contribution in [3.8, 4) is 17.0 Å². The van der Waals surface area contributed by atoms with Crippen LogP contribution in [0.3, 0.4) is 0 Å². The molecule has 1 aliphatic rings. The number of fused-ring (bicyclic) bond motifs is 4. The lowest BCUT2D eigenvalue weighted by Crippen LogP contribution is -2.14. The molecule has 0 atom stereocenters. The third-order valence-electron chi connectivity index (χ3n) is 4.03. The van der Waals surface area contributed by atoms with E-state index in [1.165, 1.54) is 5.56 Å². The van der Waals surface area contributed by atoms with Crippen molar-refractivity contribution in [2.24, 2.45) is 0 Å². The number of H-pyrrole nitrogens is 1. The highest BCUT2D eigenvalue weighted by atomic mass is 16.5. The summed E-state index contributed by atoms with van der Waals surface area (Å²) >= 11 is 0. The van der Waals surface area contributed by atoms with Crippen molar-refractivity contribution >= 4 is 17.0 Å². The minimum atomic E-state index is -0.252. The van der Waals surface area contributed by atoms with E-state index in [1.807, 2.05) is 24.3 Å². The van der Waals surface area contributed by atoms with Crippen LogP contribution in [0.25, 0.3) is 22.3 Å². The minimum Gasteiger partial charge on any atom is -0.497 e. The minimum absolute atomic E-state index is 0.0794. The Balaban J connectivity index is 2.00. The molecule has 4 rings (SSSR count). The van der Waals surface area contributed by atoms with Gasteiger partial charge < -0.3 is 10.5 Å². The summed E-state index contributed by atoms with van der Waals surface area (Å²) in [5.74, 6) is 0.914. The second-order valence-corrected chi connectivity index (χ2v) is 5.34. The van der Waals surface area contributed by atoms with E-state index < -0.39 is 0 Å². The molecule has 1 aliphatic carbocycles. The zero-order valence-electron chi connectivity index (χ0n) is 12.0. The van der Waals surface area contributed by atoms with E-state index in [2.05, 4.69) is 15.0 Å². The zero-order chi connectivity index (χ0) is 15.3. The van der Waals surface area contributed by atoms with Gasteiger partial charge in [0.25, 0.3) is 5.56 Å². The number of aromatic nitrogens is 3. The van der Waals surface area contributed by atoms with Gasteiger partial charge in [0, 0.05) is 5.56 Å². The number of nitrogens with one attached hydrogen (secondary N) is 1. The van der Waals surface area contributed by atoms with Crippen LogP contribution in [0.1, 0.15) is 11.1 Å². The van der Waals surface area contributed by atoms with Crippen molar-refractivity contribution in [3.05, 3.63) is 45.7 Å². The number of nitrogens with two attached hydrogens (primary N) is 1. The van der Waals surface area contributed by atoms with Gasteiger partial charge in [-0.25, -0.2) is 4.98 Å². The molecule has 0 aliphatic heterocycles. The highest BCUT2D eigenvalue weighted by molar-refractivity contribution is 5.82. The SMILES string of the molecule is COc1ccc2c(c1)CCc1cc3c(=O)[nH]c(N)nc3nc1-2. The molecule has 0 spiro atoms. The molecule has 0 saturated heterocycles. The van der Waals surface area contributed by atoms with E-state index in [9.17, 15) is 4.79 Å². The summed E-state index contributed by atoms with van der Waals surface area (Å²) in [4.78, 5) is 23.2. The molecule has 3 aromatic rings. The van der Waals surface area contributed by atoms with Gasteiger partial charge in [-0.05, 0) is 48.2 Å². The number of nitrogens with zero attached hydrogens (tertiary/aromatic N) is 2. The molecule has 6 nitrogen and oxygen atoms in total. The van der Waals surface area contributed by atoms with Gasteiger partial charge in [0.2, 0.25) is 5.95 Å². The maximum Gasteiger partial charge on any atom is 0.261 e. The zero-order valence-corrected chi connectivity index (χ0v) is 12.0. The van der Waals surface area contributed by atoms with Crippen molar-refractivity contribution in [1.29, 1.82) is 0 Å². The molecule has 3 N–H and O–H groups in total. The van der Waals surface area contributed by atoms with Crippen molar-refractivity contribution in [1.82, 2.24) is 15.0 Å². The maximum atomic E-state index is 12.0. The van der Waals surface area contributed by atoms with Crippen molar-refractivity contribution < 1.29 is 4.74 Å². The van der Waals surface area contributed by atoms with E-state index in [-0.39, 0.29) is 11.5 Å². The number of anilines is 1. The number of rotatable bonds is 1. The molecular weight excluding hydrogens is 280 g/mol. The smallest absolute Gasteiger partial charge is 0.261 e. The number of nitrogen functional groups attached to an aromatic ring is 1. The van der Waals surface area contributed by atoms with Crippen molar-refractivity contribution in [3.63, 3.8) is 0 Å². The Morgan fingerprint density at radius 3 is 2.82 bits per heavy atom. The highest BCUT2D eigenvalue weighted by Gasteiger charge is 2.20. The highest BCUT2D eigenvalue weighted by Crippen LogP contribution is 2.35. The summed E-state index contributed by atoms with van der Waals surface area (Å²) in [5, 5.41) is 0.477. The summed E-state index contributed by atoms with van der Waals surface area (Å²) in [6, 6.07) is 7.82. The van der Waals surface area contributed by atoms with Gasteiger partial charge in [0.05, 0.1) is 18.2 Å². The normalized spacial score (nSPS) is 12.8. The van der Waals surface area contributed by atoms with E-state index in [0.717, 1.165) is 35.4 Å². The number of hydrogen-bond donors (Lipinski definition) is 2. The number of aryl methyl sites for hydroxylation is 2. The second-order valence-electron chi connectivity index (χ2n) is 5.34. The first-order valence-electron chi connectivity index (χ1n) is 7.02.